The Balaban J connectivity index is 2.54. The number of aliphatic imine (C=N–C) groups is 1. The van der Waals surface area contributed by atoms with Crippen LogP contribution in [0.15, 0.2) is 40.5 Å². The van der Waals surface area contributed by atoms with E-state index in [2.05, 4.69) is 4.99 Å². The van der Waals surface area contributed by atoms with E-state index in [0.29, 0.717) is 23.4 Å². The monoisotopic (exact) mass is 427 g/mol. The van der Waals surface area contributed by atoms with Gasteiger partial charge >= 0.3 is 11.9 Å². The smallest absolute Gasteiger partial charge is 0.336 e. The Labute approximate surface area is 180 Å². The molecule has 0 radical (unpaired) electrons. The average molecular weight is 427 g/mol. The van der Waals surface area contributed by atoms with Crippen LogP contribution in [0.5, 0.6) is 0 Å². The van der Waals surface area contributed by atoms with Gasteiger partial charge in [0.15, 0.2) is 0 Å². The van der Waals surface area contributed by atoms with Crippen molar-refractivity contribution in [3.8, 4) is 6.07 Å². The third kappa shape index (κ3) is 5.75. The molecule has 0 N–H and O–H groups in total. The lowest BCUT2D eigenvalue weighted by molar-refractivity contribution is -0.384. The zero-order chi connectivity index (χ0) is 23.0. The molecule has 2 rings (SSSR count). The fourth-order valence-corrected chi connectivity index (χ4v) is 3.47. The molecular weight excluding hydrogens is 402 g/mol. The van der Waals surface area contributed by atoms with E-state index < -0.39 is 28.7 Å². The summed E-state index contributed by atoms with van der Waals surface area (Å²) in [5, 5.41) is 20.0. The summed E-state index contributed by atoms with van der Waals surface area (Å²) in [4.78, 5) is 41.0. The van der Waals surface area contributed by atoms with Crippen LogP contribution in [0.1, 0.15) is 51.5 Å². The Kier molecular flexibility index (Phi) is 8.43. The van der Waals surface area contributed by atoms with Crippen LogP contribution in [-0.4, -0.2) is 35.8 Å². The average Bonchev–Trinajstić information content (AvgIpc) is 2.73. The van der Waals surface area contributed by atoms with Crippen molar-refractivity contribution in [3.05, 3.63) is 51.2 Å². The minimum Gasteiger partial charge on any atom is -0.465 e. The van der Waals surface area contributed by atoms with Crippen LogP contribution in [-0.2, 0) is 19.1 Å². The van der Waals surface area contributed by atoms with Crippen LogP contribution in [0.3, 0.4) is 0 Å². The number of allylic oxidation sites excluding steroid dienone is 1. The quantitative estimate of drug-likeness (QED) is 0.253. The molecule has 31 heavy (non-hydrogen) atoms. The Morgan fingerprint density at radius 2 is 2.00 bits per heavy atom. The number of carbonyl (C=O) groups is 2. The first-order valence-electron chi connectivity index (χ1n) is 10.0. The summed E-state index contributed by atoms with van der Waals surface area (Å²) in [6, 6.07) is 7.69. The van der Waals surface area contributed by atoms with E-state index in [1.807, 2.05) is 13.0 Å². The molecule has 0 bridgehead atoms. The Morgan fingerprint density at radius 3 is 2.65 bits per heavy atom. The molecule has 9 heteroatoms. The summed E-state index contributed by atoms with van der Waals surface area (Å²) >= 11 is 0. The number of ether oxygens (including phenoxy) is 2. The number of carbonyl (C=O) groups excluding carboxylic acids is 2. The lowest BCUT2D eigenvalue weighted by atomic mass is 9.75. The van der Waals surface area contributed by atoms with Gasteiger partial charge in [-0.1, -0.05) is 25.5 Å². The van der Waals surface area contributed by atoms with Crippen LogP contribution >= 0.6 is 0 Å². The van der Waals surface area contributed by atoms with Crippen molar-refractivity contribution in [2.75, 3.05) is 13.2 Å². The molecule has 1 heterocycles. The summed E-state index contributed by atoms with van der Waals surface area (Å²) in [5.74, 6) is -3.06. The van der Waals surface area contributed by atoms with Crippen LogP contribution in [0.2, 0.25) is 0 Å². The number of nitrogens with zero attached hydrogens (tertiary/aromatic N) is 3. The molecule has 1 aromatic rings. The molecule has 0 spiro atoms. The van der Waals surface area contributed by atoms with E-state index in [0.717, 1.165) is 6.42 Å². The second-order valence-corrected chi connectivity index (χ2v) is 7.12. The van der Waals surface area contributed by atoms with Crippen molar-refractivity contribution < 1.29 is 24.0 Å². The lowest BCUT2D eigenvalue weighted by Crippen LogP contribution is -2.36. The number of nitriles is 1. The van der Waals surface area contributed by atoms with Crippen LogP contribution < -0.4 is 0 Å². The highest BCUT2D eigenvalue weighted by atomic mass is 16.6. The topological polar surface area (TPSA) is 132 Å². The minimum atomic E-state index is -0.930. The number of non-ortho nitro benzene ring substituents is 1. The number of rotatable bonds is 9. The van der Waals surface area contributed by atoms with E-state index in [-0.39, 0.29) is 30.9 Å². The highest BCUT2D eigenvalue weighted by molar-refractivity contribution is 6.07. The number of hydrogen-bond acceptors (Lipinski definition) is 8. The molecule has 9 nitrogen and oxygen atoms in total. The number of benzene rings is 1. The predicted molar refractivity (Wildman–Crippen MR) is 112 cm³/mol. The van der Waals surface area contributed by atoms with Crippen molar-refractivity contribution in [2.45, 2.75) is 46.0 Å². The maximum atomic E-state index is 13.0. The summed E-state index contributed by atoms with van der Waals surface area (Å²) in [6.45, 7) is 5.37. The zero-order valence-corrected chi connectivity index (χ0v) is 17.8. The molecule has 1 aliphatic rings. The van der Waals surface area contributed by atoms with Crippen molar-refractivity contribution >= 4 is 23.3 Å². The number of nitro benzene ring substituents is 1. The third-order valence-corrected chi connectivity index (χ3v) is 4.93. The summed E-state index contributed by atoms with van der Waals surface area (Å²) < 4.78 is 10.6. The fourth-order valence-electron chi connectivity index (χ4n) is 3.47. The molecular formula is C22H25N3O6. The highest BCUT2D eigenvalue weighted by Gasteiger charge is 2.42. The Morgan fingerprint density at radius 1 is 1.26 bits per heavy atom. The maximum absolute atomic E-state index is 13.0. The Hall–Kier alpha value is -3.54. The van der Waals surface area contributed by atoms with Gasteiger partial charge in [-0.25, -0.2) is 4.79 Å². The van der Waals surface area contributed by atoms with Gasteiger partial charge in [-0.3, -0.25) is 19.9 Å². The van der Waals surface area contributed by atoms with Gasteiger partial charge in [0.25, 0.3) is 5.69 Å². The van der Waals surface area contributed by atoms with E-state index in [1.165, 1.54) is 18.2 Å². The van der Waals surface area contributed by atoms with Crippen LogP contribution in [0.25, 0.3) is 0 Å². The van der Waals surface area contributed by atoms with Gasteiger partial charge in [0.05, 0.1) is 29.6 Å². The molecule has 0 aliphatic carbocycles. The van der Waals surface area contributed by atoms with Gasteiger partial charge < -0.3 is 9.47 Å². The van der Waals surface area contributed by atoms with Gasteiger partial charge in [0, 0.05) is 29.5 Å². The molecule has 0 saturated carbocycles. The van der Waals surface area contributed by atoms with Crippen molar-refractivity contribution in [3.63, 3.8) is 0 Å². The van der Waals surface area contributed by atoms with Gasteiger partial charge in [-0.2, -0.15) is 5.26 Å². The number of nitro groups is 1. The highest BCUT2D eigenvalue weighted by Crippen LogP contribution is 2.41. The normalized spacial score (nSPS) is 18.1. The first-order valence-corrected chi connectivity index (χ1v) is 10.0. The molecule has 0 aromatic heterocycles. The molecule has 1 aliphatic heterocycles. The van der Waals surface area contributed by atoms with Crippen LogP contribution in [0, 0.1) is 27.4 Å². The van der Waals surface area contributed by atoms with Crippen LogP contribution in [0.4, 0.5) is 5.69 Å². The Bertz CT molecular complexity index is 960. The van der Waals surface area contributed by atoms with E-state index >= 15 is 0 Å². The van der Waals surface area contributed by atoms with E-state index in [1.54, 1.807) is 19.9 Å². The molecule has 0 fully saturated rings. The third-order valence-electron chi connectivity index (χ3n) is 4.93. The standard InChI is InChI=1S/C22H25N3O6/c1-4-5-11-30-21(26)18-14(2)24-15(3)19(22(27)31-12-7-10-23)20(18)16-8-6-9-17(13-16)25(28)29/h6,8-9,13,18,20H,4-5,7,11-12H2,1-3H3. The summed E-state index contributed by atoms with van der Waals surface area (Å²) in [6.07, 6.45) is 1.55. The van der Waals surface area contributed by atoms with Gasteiger partial charge in [0.1, 0.15) is 12.5 Å². The SMILES string of the molecule is CCCCOC(=O)C1C(C)=NC(C)=C(C(=O)OCCC#N)C1c1cccc([N+](=O)[O-])c1. The summed E-state index contributed by atoms with van der Waals surface area (Å²) in [5.41, 5.74) is 1.18. The zero-order valence-electron chi connectivity index (χ0n) is 17.8. The van der Waals surface area contributed by atoms with E-state index in [4.69, 9.17) is 14.7 Å². The molecule has 164 valence electrons. The summed E-state index contributed by atoms with van der Waals surface area (Å²) in [7, 11) is 0. The van der Waals surface area contributed by atoms with E-state index in [9.17, 15) is 19.7 Å². The van der Waals surface area contributed by atoms with Crippen molar-refractivity contribution in [1.82, 2.24) is 0 Å². The number of esters is 2. The van der Waals surface area contributed by atoms with Crippen molar-refractivity contribution in [1.29, 1.82) is 5.26 Å². The van der Waals surface area contributed by atoms with Gasteiger partial charge in [0.2, 0.25) is 0 Å². The molecule has 1 aromatic carbocycles. The first kappa shape index (κ1) is 23.7. The number of unbranched alkanes of at least 4 members (excludes halogenated alkanes) is 1. The second-order valence-electron chi connectivity index (χ2n) is 7.12. The second kappa shape index (κ2) is 11.0. The first-order chi connectivity index (χ1) is 14.8. The molecule has 0 saturated heterocycles. The largest absolute Gasteiger partial charge is 0.465 e. The van der Waals surface area contributed by atoms with Gasteiger partial charge in [-0.05, 0) is 25.8 Å². The number of hydrogen-bond donors (Lipinski definition) is 0. The minimum absolute atomic E-state index is 0.0182. The maximum Gasteiger partial charge on any atom is 0.336 e. The fraction of sp³-hybridized carbons (Fsp3) is 0.455. The van der Waals surface area contributed by atoms with Crippen molar-refractivity contribution in [2.24, 2.45) is 10.9 Å². The molecule has 2 atom stereocenters. The molecule has 0 amide bonds. The molecule has 2 unspecified atom stereocenters. The lowest BCUT2D eigenvalue weighted by Gasteiger charge is -2.31. The van der Waals surface area contributed by atoms with Gasteiger partial charge in [-0.15, -0.1) is 0 Å². The predicted octanol–water partition coefficient (Wildman–Crippen LogP) is 3.84.